The smallest absolute Gasteiger partial charge is 0.239 e. The van der Waals surface area contributed by atoms with Crippen LogP contribution >= 0.6 is 0 Å². The van der Waals surface area contributed by atoms with Crippen molar-refractivity contribution in [1.29, 1.82) is 5.26 Å². The number of hydrogen-bond acceptors (Lipinski definition) is 3. The quantitative estimate of drug-likeness (QED) is 0.684. The lowest BCUT2D eigenvalue weighted by Gasteiger charge is -2.22. The molecule has 0 aromatic carbocycles. The van der Waals surface area contributed by atoms with Crippen LogP contribution < -0.4 is 0 Å². The second-order valence-corrected chi connectivity index (χ2v) is 4.16. The van der Waals surface area contributed by atoms with Gasteiger partial charge in [0.15, 0.2) is 0 Å². The second-order valence-electron chi connectivity index (χ2n) is 4.16. The Labute approximate surface area is 91.5 Å². The van der Waals surface area contributed by atoms with Gasteiger partial charge >= 0.3 is 0 Å². The van der Waals surface area contributed by atoms with E-state index in [9.17, 15) is 4.79 Å². The fourth-order valence-corrected chi connectivity index (χ4v) is 1.79. The van der Waals surface area contributed by atoms with Crippen molar-refractivity contribution in [1.82, 2.24) is 9.80 Å². The molecule has 1 saturated heterocycles. The van der Waals surface area contributed by atoms with Crippen LogP contribution in [0, 0.1) is 17.2 Å². The lowest BCUT2D eigenvalue weighted by atomic mass is 10.2. The van der Waals surface area contributed by atoms with Crippen LogP contribution in [-0.4, -0.2) is 48.9 Å². The molecule has 1 atom stereocenters. The van der Waals surface area contributed by atoms with Crippen LogP contribution in [0.25, 0.3) is 0 Å². The SMILES string of the molecule is CC(C#N)C(=O)N(C)CCN1CCCC1. The van der Waals surface area contributed by atoms with Gasteiger partial charge in [0.2, 0.25) is 5.91 Å². The molecule has 1 rings (SSSR count). The Bertz CT molecular complexity index is 253. The minimum absolute atomic E-state index is 0.0725. The zero-order chi connectivity index (χ0) is 11.3. The van der Waals surface area contributed by atoms with Crippen LogP contribution in [0.1, 0.15) is 19.8 Å². The third-order valence-electron chi connectivity index (χ3n) is 2.89. The van der Waals surface area contributed by atoms with E-state index in [2.05, 4.69) is 4.90 Å². The van der Waals surface area contributed by atoms with Gasteiger partial charge in [0.1, 0.15) is 5.92 Å². The second kappa shape index (κ2) is 5.72. The van der Waals surface area contributed by atoms with Crippen LogP contribution in [0.5, 0.6) is 0 Å². The van der Waals surface area contributed by atoms with E-state index in [-0.39, 0.29) is 5.91 Å². The number of likely N-dealkylation sites (tertiary alicyclic amines) is 1. The maximum atomic E-state index is 11.6. The Balaban J connectivity index is 2.26. The van der Waals surface area contributed by atoms with Crippen molar-refractivity contribution in [2.75, 3.05) is 33.2 Å². The summed E-state index contributed by atoms with van der Waals surface area (Å²) < 4.78 is 0. The number of amides is 1. The Kier molecular flexibility index (Phi) is 4.57. The normalized spacial score (nSPS) is 18.5. The molecule has 0 N–H and O–H groups in total. The van der Waals surface area contributed by atoms with E-state index >= 15 is 0 Å². The first-order chi connectivity index (χ1) is 7.15. The van der Waals surface area contributed by atoms with Crippen LogP contribution in [0.4, 0.5) is 0 Å². The molecule has 0 aromatic rings. The van der Waals surface area contributed by atoms with Crippen molar-refractivity contribution in [2.45, 2.75) is 19.8 Å². The van der Waals surface area contributed by atoms with Crippen LogP contribution in [0.2, 0.25) is 0 Å². The van der Waals surface area contributed by atoms with Crippen molar-refractivity contribution in [3.8, 4) is 6.07 Å². The van der Waals surface area contributed by atoms with Crippen LogP contribution in [0.15, 0.2) is 0 Å². The first kappa shape index (κ1) is 12.0. The first-order valence-electron chi connectivity index (χ1n) is 5.52. The Morgan fingerprint density at radius 2 is 2.13 bits per heavy atom. The Morgan fingerprint density at radius 1 is 1.53 bits per heavy atom. The van der Waals surface area contributed by atoms with Gasteiger partial charge in [-0.3, -0.25) is 4.79 Å². The molecule has 0 radical (unpaired) electrons. The molecule has 4 heteroatoms. The molecule has 0 bridgehead atoms. The van der Waals surface area contributed by atoms with E-state index in [0.717, 1.165) is 26.2 Å². The summed E-state index contributed by atoms with van der Waals surface area (Å²) in [5.74, 6) is -0.592. The minimum atomic E-state index is -0.520. The monoisotopic (exact) mass is 209 g/mol. The Hall–Kier alpha value is -1.08. The molecule has 15 heavy (non-hydrogen) atoms. The summed E-state index contributed by atoms with van der Waals surface area (Å²) in [7, 11) is 1.77. The summed E-state index contributed by atoms with van der Waals surface area (Å²) >= 11 is 0. The highest BCUT2D eigenvalue weighted by Crippen LogP contribution is 2.07. The van der Waals surface area contributed by atoms with Gasteiger partial charge in [-0.1, -0.05) is 0 Å². The molecule has 0 aromatic heterocycles. The molecule has 4 nitrogen and oxygen atoms in total. The fraction of sp³-hybridized carbons (Fsp3) is 0.818. The molecule has 1 fully saturated rings. The summed E-state index contributed by atoms with van der Waals surface area (Å²) in [6.45, 7) is 5.60. The molecule has 1 aliphatic rings. The zero-order valence-electron chi connectivity index (χ0n) is 9.57. The van der Waals surface area contributed by atoms with Crippen molar-refractivity contribution in [3.63, 3.8) is 0 Å². The van der Waals surface area contributed by atoms with Gasteiger partial charge in [-0.05, 0) is 32.9 Å². The highest BCUT2D eigenvalue weighted by atomic mass is 16.2. The minimum Gasteiger partial charge on any atom is -0.343 e. The van der Waals surface area contributed by atoms with Gasteiger partial charge in [0, 0.05) is 20.1 Å². The van der Waals surface area contributed by atoms with Crippen molar-refractivity contribution < 1.29 is 4.79 Å². The number of carbonyl (C=O) groups is 1. The summed E-state index contributed by atoms with van der Waals surface area (Å²) in [6.07, 6.45) is 2.54. The molecular formula is C11H19N3O. The predicted molar refractivity (Wildman–Crippen MR) is 58.1 cm³/mol. The van der Waals surface area contributed by atoms with E-state index in [1.807, 2.05) is 6.07 Å². The molecule has 0 saturated carbocycles. The topological polar surface area (TPSA) is 47.3 Å². The number of hydrogen-bond donors (Lipinski definition) is 0. The fourth-order valence-electron chi connectivity index (χ4n) is 1.79. The largest absolute Gasteiger partial charge is 0.343 e. The highest BCUT2D eigenvalue weighted by molar-refractivity contribution is 5.80. The lowest BCUT2D eigenvalue weighted by Crippen LogP contribution is -2.37. The number of likely N-dealkylation sites (N-methyl/N-ethyl adjacent to an activating group) is 1. The molecule has 1 unspecified atom stereocenters. The molecule has 1 aliphatic heterocycles. The highest BCUT2D eigenvalue weighted by Gasteiger charge is 2.18. The average molecular weight is 209 g/mol. The van der Waals surface area contributed by atoms with Gasteiger partial charge in [-0.15, -0.1) is 0 Å². The standard InChI is InChI=1S/C11H19N3O/c1-10(9-12)11(15)13(2)7-8-14-5-3-4-6-14/h10H,3-8H2,1-2H3. The number of nitrogens with zero attached hydrogens (tertiary/aromatic N) is 3. The third-order valence-corrected chi connectivity index (χ3v) is 2.89. The zero-order valence-corrected chi connectivity index (χ0v) is 9.57. The summed E-state index contributed by atoms with van der Waals surface area (Å²) in [6, 6.07) is 1.97. The average Bonchev–Trinajstić information content (AvgIpc) is 2.76. The Morgan fingerprint density at radius 3 is 2.67 bits per heavy atom. The lowest BCUT2D eigenvalue weighted by molar-refractivity contribution is -0.132. The maximum Gasteiger partial charge on any atom is 0.239 e. The van der Waals surface area contributed by atoms with Crippen molar-refractivity contribution >= 4 is 5.91 Å². The molecular weight excluding hydrogens is 190 g/mol. The van der Waals surface area contributed by atoms with E-state index in [1.54, 1.807) is 18.9 Å². The predicted octanol–water partition coefficient (Wildman–Crippen LogP) is 0.700. The summed E-state index contributed by atoms with van der Waals surface area (Å²) in [5, 5.41) is 8.63. The van der Waals surface area contributed by atoms with Gasteiger partial charge in [-0.25, -0.2) is 0 Å². The molecule has 1 heterocycles. The van der Waals surface area contributed by atoms with Gasteiger partial charge in [0.25, 0.3) is 0 Å². The third kappa shape index (κ3) is 3.52. The first-order valence-corrected chi connectivity index (χ1v) is 5.52. The van der Waals surface area contributed by atoms with E-state index in [4.69, 9.17) is 5.26 Å². The van der Waals surface area contributed by atoms with Crippen molar-refractivity contribution in [2.24, 2.45) is 5.92 Å². The van der Waals surface area contributed by atoms with Gasteiger partial charge in [-0.2, -0.15) is 5.26 Å². The molecule has 84 valence electrons. The molecule has 0 aliphatic carbocycles. The number of rotatable bonds is 4. The maximum absolute atomic E-state index is 11.6. The van der Waals surface area contributed by atoms with Gasteiger partial charge < -0.3 is 9.80 Å². The van der Waals surface area contributed by atoms with E-state index in [0.29, 0.717) is 0 Å². The molecule has 0 spiro atoms. The van der Waals surface area contributed by atoms with Gasteiger partial charge in [0.05, 0.1) is 6.07 Å². The van der Waals surface area contributed by atoms with Crippen LogP contribution in [0.3, 0.4) is 0 Å². The summed E-state index contributed by atoms with van der Waals surface area (Å²) in [5.41, 5.74) is 0. The van der Waals surface area contributed by atoms with E-state index < -0.39 is 5.92 Å². The molecule has 1 amide bonds. The number of carbonyl (C=O) groups excluding carboxylic acids is 1. The van der Waals surface area contributed by atoms with Crippen LogP contribution in [-0.2, 0) is 4.79 Å². The van der Waals surface area contributed by atoms with E-state index in [1.165, 1.54) is 12.8 Å². The van der Waals surface area contributed by atoms with Crippen molar-refractivity contribution in [3.05, 3.63) is 0 Å². The summed E-state index contributed by atoms with van der Waals surface area (Å²) in [4.78, 5) is 15.6. The number of nitriles is 1.